The van der Waals surface area contributed by atoms with Gasteiger partial charge in [0.1, 0.15) is 30.2 Å². The molecular weight excluding hydrogens is 745 g/mol. The summed E-state index contributed by atoms with van der Waals surface area (Å²) in [6.07, 6.45) is 3.94. The van der Waals surface area contributed by atoms with Crippen molar-refractivity contribution < 1.29 is 34.4 Å². The van der Waals surface area contributed by atoms with E-state index in [9.17, 15) is 29.7 Å². The third kappa shape index (κ3) is 12.0. The number of aromatic nitrogens is 3. The number of thioether (sulfide) groups is 2. The van der Waals surface area contributed by atoms with Gasteiger partial charge in [-0.3, -0.25) is 24.9 Å². The highest BCUT2D eigenvalue weighted by Crippen LogP contribution is 2.51. The predicted molar refractivity (Wildman–Crippen MR) is 213 cm³/mol. The lowest BCUT2D eigenvalue weighted by atomic mass is 9.83. The summed E-state index contributed by atoms with van der Waals surface area (Å²) in [7, 11) is 0. The zero-order valence-electron chi connectivity index (χ0n) is 32.4. The summed E-state index contributed by atoms with van der Waals surface area (Å²) in [5.41, 5.74) is 0.0962. The molecule has 2 saturated heterocycles. The highest BCUT2D eigenvalue weighted by molar-refractivity contribution is 8.18. The standard InChI is InChI=1S/C38H60N8O7S2/c1-5-13-26(31(48)34(50)39-21-28(47)43-29(32-40-23-41-45-32)24-14-8-6-9-15-24)42-33(49)27-20-38(54-18-12-19-55-38)22-46(27)35(51)30(25-16-10-7-11-17-25)44-36(52)53-37(2,3)4/h6,8-9,14-15,23,25-31,35,43,47-48,51H,5,7,10-13,16-22H2,1-4H3,(H,39,50)(H,42,49)(H,44,52)(H,40,41,45). The quantitative estimate of drug-likeness (QED) is 0.115. The third-order valence-corrected chi connectivity index (χ3v) is 13.7. The van der Waals surface area contributed by atoms with Crippen LogP contribution in [0.25, 0.3) is 0 Å². The molecule has 3 fully saturated rings. The largest absolute Gasteiger partial charge is 0.444 e. The molecule has 8 N–H and O–H groups in total. The van der Waals surface area contributed by atoms with Gasteiger partial charge in [-0.25, -0.2) is 9.78 Å². The molecule has 7 unspecified atom stereocenters. The number of alkyl carbamates (subject to hydrolysis) is 1. The minimum atomic E-state index is -1.61. The summed E-state index contributed by atoms with van der Waals surface area (Å²) < 4.78 is 5.29. The normalized spacial score (nSPS) is 22.6. The van der Waals surface area contributed by atoms with Crippen LogP contribution in [-0.2, 0) is 14.3 Å². The molecule has 1 aromatic heterocycles. The topological polar surface area (TPSA) is 214 Å². The van der Waals surface area contributed by atoms with Crippen molar-refractivity contribution in [2.24, 2.45) is 5.92 Å². The van der Waals surface area contributed by atoms with Gasteiger partial charge >= 0.3 is 6.09 Å². The Hall–Kier alpha value is -2.93. The van der Waals surface area contributed by atoms with Crippen molar-refractivity contribution in [2.75, 3.05) is 24.6 Å². The van der Waals surface area contributed by atoms with Crippen LogP contribution in [0.5, 0.6) is 0 Å². The second-order valence-electron chi connectivity index (χ2n) is 15.8. The molecule has 1 saturated carbocycles. The lowest BCUT2D eigenvalue weighted by molar-refractivity contribution is -0.136. The number of amides is 3. The van der Waals surface area contributed by atoms with Crippen molar-refractivity contribution in [2.45, 2.75) is 138 Å². The van der Waals surface area contributed by atoms with Gasteiger partial charge in [-0.1, -0.05) is 62.9 Å². The van der Waals surface area contributed by atoms with E-state index in [1.54, 1.807) is 44.3 Å². The molecule has 55 heavy (non-hydrogen) atoms. The fourth-order valence-corrected chi connectivity index (χ4v) is 11.1. The number of nitrogens with one attached hydrogen (secondary N) is 5. The van der Waals surface area contributed by atoms with E-state index >= 15 is 0 Å². The number of hydrogen-bond acceptors (Lipinski definition) is 13. The highest BCUT2D eigenvalue weighted by atomic mass is 32.2. The first kappa shape index (κ1) is 43.2. The first-order valence-corrected chi connectivity index (χ1v) is 21.6. The molecule has 306 valence electrons. The Labute approximate surface area is 332 Å². The minimum absolute atomic E-state index is 0.00473. The van der Waals surface area contributed by atoms with Crippen molar-refractivity contribution >= 4 is 41.4 Å². The van der Waals surface area contributed by atoms with Crippen LogP contribution in [0.15, 0.2) is 36.7 Å². The number of H-pyrrole nitrogens is 1. The SMILES string of the molecule is CCCC(NC(=O)C1CC2(CN1C(O)C(NC(=O)OC(C)(C)C)C1CCCCC1)SCCCS2)C(O)C(=O)NCC(O)NC(c1ccccc1)c1ncn[nH]1. The molecule has 1 aliphatic carbocycles. The van der Waals surface area contributed by atoms with Crippen LogP contribution < -0.4 is 21.3 Å². The summed E-state index contributed by atoms with van der Waals surface area (Å²) in [6.45, 7) is 7.49. The van der Waals surface area contributed by atoms with Crippen molar-refractivity contribution in [1.82, 2.24) is 41.3 Å². The molecule has 3 amide bonds. The Balaban J connectivity index is 1.27. The molecular formula is C38H60N8O7S2. The van der Waals surface area contributed by atoms with Crippen molar-refractivity contribution in [3.63, 3.8) is 0 Å². The number of rotatable bonds is 16. The number of carbonyl (C=O) groups excluding carboxylic acids is 3. The molecule has 17 heteroatoms. The van der Waals surface area contributed by atoms with Crippen molar-refractivity contribution in [3.05, 3.63) is 48.0 Å². The van der Waals surface area contributed by atoms with Crippen LogP contribution in [0.1, 0.15) is 103 Å². The second kappa shape index (κ2) is 20.0. The van der Waals surface area contributed by atoms with E-state index in [-0.39, 0.29) is 16.5 Å². The lowest BCUT2D eigenvalue weighted by Crippen LogP contribution is -2.60. The number of aliphatic hydroxyl groups is 3. The van der Waals surface area contributed by atoms with Crippen LogP contribution in [0.4, 0.5) is 4.79 Å². The van der Waals surface area contributed by atoms with Crippen LogP contribution in [0.2, 0.25) is 0 Å². The van der Waals surface area contributed by atoms with Crippen LogP contribution in [0.3, 0.4) is 0 Å². The molecule has 0 radical (unpaired) electrons. The zero-order valence-corrected chi connectivity index (χ0v) is 34.0. The molecule has 1 aromatic carbocycles. The second-order valence-corrected chi connectivity index (χ2v) is 19.0. The Bertz CT molecular complexity index is 1510. The number of hydrogen-bond donors (Lipinski definition) is 8. The average Bonchev–Trinajstić information content (AvgIpc) is 3.84. The molecule has 15 nitrogen and oxygen atoms in total. The summed E-state index contributed by atoms with van der Waals surface area (Å²) in [6, 6.07) is 6.45. The first-order valence-electron chi connectivity index (χ1n) is 19.6. The number of carbonyl (C=O) groups is 3. The lowest BCUT2D eigenvalue weighted by Gasteiger charge is -2.40. The van der Waals surface area contributed by atoms with E-state index < -0.39 is 66.2 Å². The van der Waals surface area contributed by atoms with E-state index in [1.165, 1.54) is 6.33 Å². The Kier molecular flexibility index (Phi) is 15.7. The minimum Gasteiger partial charge on any atom is -0.444 e. The fourth-order valence-electron chi connectivity index (χ4n) is 7.76. The van der Waals surface area contributed by atoms with Gasteiger partial charge in [0.15, 0.2) is 6.10 Å². The maximum atomic E-state index is 14.3. The monoisotopic (exact) mass is 804 g/mol. The molecule has 7 atom stereocenters. The van der Waals surface area contributed by atoms with E-state index in [0.717, 1.165) is 55.6 Å². The van der Waals surface area contributed by atoms with Gasteiger partial charge in [-0.2, -0.15) is 5.10 Å². The van der Waals surface area contributed by atoms with Crippen molar-refractivity contribution in [1.29, 1.82) is 0 Å². The third-order valence-electron chi connectivity index (χ3n) is 10.4. The van der Waals surface area contributed by atoms with Crippen LogP contribution in [0, 0.1) is 5.92 Å². The summed E-state index contributed by atoms with van der Waals surface area (Å²) in [5, 5.41) is 52.7. The molecule has 1 spiro atoms. The number of likely N-dealkylation sites (tertiary alicyclic amines) is 1. The number of ether oxygens (including phenoxy) is 1. The van der Waals surface area contributed by atoms with E-state index in [0.29, 0.717) is 31.6 Å². The maximum Gasteiger partial charge on any atom is 0.408 e. The van der Waals surface area contributed by atoms with Crippen LogP contribution >= 0.6 is 23.5 Å². The maximum absolute atomic E-state index is 14.3. The first-order chi connectivity index (χ1) is 26.3. The van der Waals surface area contributed by atoms with Gasteiger partial charge in [-0.05, 0) is 75.9 Å². The van der Waals surface area contributed by atoms with Crippen molar-refractivity contribution in [3.8, 4) is 0 Å². The summed E-state index contributed by atoms with van der Waals surface area (Å²) >= 11 is 3.60. The van der Waals surface area contributed by atoms with Gasteiger partial charge in [0.25, 0.3) is 5.91 Å². The Morgan fingerprint density at radius 1 is 1.04 bits per heavy atom. The molecule has 0 bridgehead atoms. The van der Waals surface area contributed by atoms with Gasteiger partial charge in [0, 0.05) is 6.54 Å². The summed E-state index contributed by atoms with van der Waals surface area (Å²) in [5.74, 6) is 1.22. The average molecular weight is 805 g/mol. The number of aromatic amines is 1. The number of nitrogens with zero attached hydrogens (tertiary/aromatic N) is 3. The fraction of sp³-hybridized carbons (Fsp3) is 0.711. The van der Waals surface area contributed by atoms with E-state index in [1.807, 2.05) is 42.2 Å². The van der Waals surface area contributed by atoms with E-state index in [2.05, 4.69) is 36.4 Å². The molecule has 3 aliphatic rings. The molecule has 2 aliphatic heterocycles. The number of benzene rings is 1. The highest BCUT2D eigenvalue weighted by Gasteiger charge is 2.53. The van der Waals surface area contributed by atoms with Gasteiger partial charge in [-0.15, -0.1) is 23.5 Å². The smallest absolute Gasteiger partial charge is 0.408 e. The van der Waals surface area contributed by atoms with Crippen LogP contribution in [-0.4, -0.2) is 124 Å². The zero-order chi connectivity index (χ0) is 39.6. The molecule has 2 aromatic rings. The predicted octanol–water partition coefficient (Wildman–Crippen LogP) is 3.00. The van der Waals surface area contributed by atoms with Gasteiger partial charge in [0.2, 0.25) is 5.91 Å². The Morgan fingerprint density at radius 2 is 1.75 bits per heavy atom. The number of aliphatic hydroxyl groups excluding tert-OH is 3. The van der Waals surface area contributed by atoms with E-state index in [4.69, 9.17) is 4.74 Å². The summed E-state index contributed by atoms with van der Waals surface area (Å²) in [4.78, 5) is 46.8. The molecule has 5 rings (SSSR count). The Morgan fingerprint density at radius 3 is 2.38 bits per heavy atom. The molecule has 3 heterocycles. The van der Waals surface area contributed by atoms with Gasteiger partial charge in [0.05, 0.1) is 34.8 Å². The van der Waals surface area contributed by atoms with Gasteiger partial charge < -0.3 is 36.0 Å².